The van der Waals surface area contributed by atoms with Crippen molar-refractivity contribution in [2.75, 3.05) is 25.4 Å². The summed E-state index contributed by atoms with van der Waals surface area (Å²) in [4.78, 5) is 3.57. The number of likely N-dealkylation sites (tertiary alicyclic amines) is 1. The molecule has 12 heteroatoms. The monoisotopic (exact) mass is 624 g/mol. The van der Waals surface area contributed by atoms with Crippen molar-refractivity contribution in [3.8, 4) is 0 Å². The largest absolute Gasteiger partial charge is 0.393 e. The number of aliphatic hydroxyl groups is 1. The average Bonchev–Trinajstić information content (AvgIpc) is 2.92. The number of nitrogens with two attached hydrogens (primary N) is 1. The van der Waals surface area contributed by atoms with Crippen LogP contribution >= 0.6 is 11.8 Å². The van der Waals surface area contributed by atoms with E-state index in [-0.39, 0.29) is 21.9 Å². The Kier molecular flexibility index (Phi) is 14.5. The van der Waals surface area contributed by atoms with Crippen LogP contribution in [0.1, 0.15) is 30.4 Å². The molecule has 3 aromatic carbocycles. The van der Waals surface area contributed by atoms with Gasteiger partial charge in [0.05, 0.1) is 15.9 Å². The fraction of sp³-hybridized carbons (Fsp3) is 0.379. The lowest BCUT2D eigenvalue weighted by Gasteiger charge is -2.30. The number of aryl methyl sites for hydroxylation is 2. The van der Waals surface area contributed by atoms with Crippen LogP contribution in [0.25, 0.3) is 0 Å². The number of thioether (sulfide) groups is 1. The number of hydrogen-bond donors (Lipinski definition) is 4. The first-order valence-corrected chi connectivity index (χ1v) is 17.0. The van der Waals surface area contributed by atoms with E-state index in [0.29, 0.717) is 0 Å². The molecule has 1 atom stereocenters. The molecule has 41 heavy (non-hydrogen) atoms. The highest BCUT2D eigenvalue weighted by molar-refractivity contribution is 7.99. The molecule has 226 valence electrons. The standard InChI is InChI=1S/C15H24N2OS.2C7H8O3S/c16-13(12-19-15-4-2-1-3-5-15)6-9-17-10-7-14(18)8-11-17;2*1-6-2-4-7(5-3-6)11(8,9)10/h1-5,13-14,18H,6-12,16H2;2*2-5H,1H3,(H,8,9,10)/t13-;;/m1../s1. The van der Waals surface area contributed by atoms with Crippen LogP contribution in [-0.4, -0.2) is 73.5 Å². The third-order valence-electron chi connectivity index (χ3n) is 6.22. The third-order valence-corrected chi connectivity index (χ3v) is 9.15. The summed E-state index contributed by atoms with van der Waals surface area (Å²) in [6.45, 7) is 6.77. The molecule has 5 N–H and O–H groups in total. The molecule has 0 bridgehead atoms. The van der Waals surface area contributed by atoms with E-state index < -0.39 is 20.2 Å². The highest BCUT2D eigenvalue weighted by Gasteiger charge is 2.17. The lowest BCUT2D eigenvalue weighted by molar-refractivity contribution is 0.0815. The molecule has 1 saturated heterocycles. The number of aliphatic hydroxyl groups excluding tert-OH is 1. The lowest BCUT2D eigenvalue weighted by Crippen LogP contribution is -2.38. The van der Waals surface area contributed by atoms with E-state index in [1.54, 1.807) is 24.3 Å². The van der Waals surface area contributed by atoms with Gasteiger partial charge in [-0.05, 0) is 76.1 Å². The molecule has 3 aromatic rings. The second kappa shape index (κ2) is 17.0. The maximum Gasteiger partial charge on any atom is 0.294 e. The summed E-state index contributed by atoms with van der Waals surface area (Å²) in [6, 6.07) is 22.6. The van der Waals surface area contributed by atoms with Gasteiger partial charge in [-0.15, -0.1) is 11.8 Å². The summed E-state index contributed by atoms with van der Waals surface area (Å²) in [7, 11) is -8.04. The van der Waals surface area contributed by atoms with Crippen molar-refractivity contribution in [1.29, 1.82) is 0 Å². The summed E-state index contributed by atoms with van der Waals surface area (Å²) in [5.41, 5.74) is 8.08. The molecule has 0 radical (unpaired) electrons. The first kappa shape index (κ1) is 34.9. The summed E-state index contributed by atoms with van der Waals surface area (Å²) in [5, 5.41) is 9.46. The van der Waals surface area contributed by atoms with Crippen molar-refractivity contribution >= 4 is 32.0 Å². The zero-order valence-electron chi connectivity index (χ0n) is 23.3. The van der Waals surface area contributed by atoms with Gasteiger partial charge >= 0.3 is 0 Å². The summed E-state index contributed by atoms with van der Waals surface area (Å²) >= 11 is 1.83. The highest BCUT2D eigenvalue weighted by Crippen LogP contribution is 2.19. The van der Waals surface area contributed by atoms with Gasteiger partial charge in [0.2, 0.25) is 0 Å². The molecule has 1 aliphatic heterocycles. The number of benzene rings is 3. The van der Waals surface area contributed by atoms with Crippen molar-refractivity contribution in [2.24, 2.45) is 5.73 Å². The van der Waals surface area contributed by atoms with E-state index in [4.69, 9.17) is 14.8 Å². The van der Waals surface area contributed by atoms with Gasteiger partial charge in [-0.1, -0.05) is 53.6 Å². The smallest absolute Gasteiger partial charge is 0.294 e. The molecule has 0 unspecified atom stereocenters. The first-order valence-electron chi connectivity index (χ1n) is 13.2. The van der Waals surface area contributed by atoms with Crippen LogP contribution in [0, 0.1) is 13.8 Å². The van der Waals surface area contributed by atoms with Gasteiger partial charge in [0.1, 0.15) is 0 Å². The molecule has 0 spiro atoms. The normalized spacial score (nSPS) is 15.2. The summed E-state index contributed by atoms with van der Waals surface area (Å²) in [5.74, 6) is 0.973. The quantitative estimate of drug-likeness (QED) is 0.209. The predicted molar refractivity (Wildman–Crippen MR) is 163 cm³/mol. The van der Waals surface area contributed by atoms with Crippen LogP contribution in [0.4, 0.5) is 0 Å². The minimum atomic E-state index is -4.02. The molecule has 0 aliphatic carbocycles. The number of rotatable bonds is 8. The van der Waals surface area contributed by atoms with E-state index in [1.165, 1.54) is 29.2 Å². The minimum Gasteiger partial charge on any atom is -0.393 e. The second-order valence-electron chi connectivity index (χ2n) is 9.82. The first-order chi connectivity index (χ1) is 19.2. The van der Waals surface area contributed by atoms with E-state index in [9.17, 15) is 21.9 Å². The van der Waals surface area contributed by atoms with Crippen LogP contribution in [-0.2, 0) is 20.2 Å². The topological polar surface area (TPSA) is 158 Å². The Morgan fingerprint density at radius 3 is 1.66 bits per heavy atom. The Balaban J connectivity index is 0.000000230. The Bertz CT molecular complexity index is 1300. The van der Waals surface area contributed by atoms with Crippen LogP contribution in [0.5, 0.6) is 0 Å². The fourth-order valence-corrected chi connectivity index (χ4v) is 5.60. The Morgan fingerprint density at radius 1 is 0.805 bits per heavy atom. The fourth-order valence-electron chi connectivity index (χ4n) is 3.72. The number of piperidine rings is 1. The molecule has 0 saturated carbocycles. The molecule has 4 rings (SSSR count). The molecule has 0 aromatic heterocycles. The van der Waals surface area contributed by atoms with Crippen LogP contribution in [0.2, 0.25) is 0 Å². The van der Waals surface area contributed by atoms with Gasteiger partial charge in [0, 0.05) is 29.8 Å². The Morgan fingerprint density at radius 2 is 1.24 bits per heavy atom. The van der Waals surface area contributed by atoms with Crippen molar-refractivity contribution in [2.45, 2.75) is 59.9 Å². The van der Waals surface area contributed by atoms with Gasteiger partial charge in [-0.25, -0.2) is 0 Å². The Labute approximate surface area is 248 Å². The van der Waals surface area contributed by atoms with Crippen LogP contribution in [0.3, 0.4) is 0 Å². The Hall–Kier alpha value is -2.29. The molecule has 9 nitrogen and oxygen atoms in total. The molecule has 1 fully saturated rings. The van der Waals surface area contributed by atoms with Gasteiger partial charge in [0.25, 0.3) is 20.2 Å². The van der Waals surface area contributed by atoms with Crippen molar-refractivity contribution in [1.82, 2.24) is 4.90 Å². The minimum absolute atomic E-state index is 0.0666. The van der Waals surface area contributed by atoms with Crippen molar-refractivity contribution in [3.63, 3.8) is 0 Å². The number of hydrogen-bond acceptors (Lipinski definition) is 8. The molecular weight excluding hydrogens is 585 g/mol. The lowest BCUT2D eigenvalue weighted by atomic mass is 10.1. The molecule has 1 heterocycles. The van der Waals surface area contributed by atoms with Gasteiger partial charge in [-0.2, -0.15) is 16.8 Å². The van der Waals surface area contributed by atoms with Crippen LogP contribution in [0.15, 0.2) is 93.5 Å². The SMILES string of the molecule is Cc1ccc(S(=O)(=O)O)cc1.Cc1ccc(S(=O)(=O)O)cc1.N[C@H](CCN1CCC(O)CC1)CSc1ccccc1. The van der Waals surface area contributed by atoms with Crippen molar-refractivity contribution in [3.05, 3.63) is 90.0 Å². The summed E-state index contributed by atoms with van der Waals surface area (Å²) in [6.07, 6.45) is 2.77. The average molecular weight is 625 g/mol. The molecule has 1 aliphatic rings. The summed E-state index contributed by atoms with van der Waals surface area (Å²) < 4.78 is 59.1. The number of nitrogens with zero attached hydrogens (tertiary/aromatic N) is 1. The predicted octanol–water partition coefficient (Wildman–Crippen LogP) is 4.44. The molecular formula is C29H40N2O7S3. The maximum absolute atomic E-state index is 10.5. The van der Waals surface area contributed by atoms with E-state index in [2.05, 4.69) is 29.2 Å². The zero-order chi connectivity index (χ0) is 30.5. The van der Waals surface area contributed by atoms with Crippen molar-refractivity contribution < 1.29 is 31.0 Å². The second-order valence-corrected chi connectivity index (χ2v) is 13.8. The molecule has 0 amide bonds. The zero-order valence-corrected chi connectivity index (χ0v) is 25.8. The highest BCUT2D eigenvalue weighted by atomic mass is 32.2. The van der Waals surface area contributed by atoms with E-state index in [1.807, 2.05) is 31.7 Å². The van der Waals surface area contributed by atoms with Gasteiger partial charge < -0.3 is 15.7 Å². The van der Waals surface area contributed by atoms with E-state index >= 15 is 0 Å². The maximum atomic E-state index is 10.5. The van der Waals surface area contributed by atoms with Crippen LogP contribution < -0.4 is 5.73 Å². The van der Waals surface area contributed by atoms with Gasteiger partial charge in [-0.3, -0.25) is 9.11 Å². The van der Waals surface area contributed by atoms with E-state index in [0.717, 1.165) is 55.8 Å². The van der Waals surface area contributed by atoms with Gasteiger partial charge in [0.15, 0.2) is 0 Å². The third kappa shape index (κ3) is 14.4.